The van der Waals surface area contributed by atoms with Gasteiger partial charge in [0.1, 0.15) is 36.6 Å². The van der Waals surface area contributed by atoms with Crippen molar-refractivity contribution < 1.29 is 38.2 Å². The quantitative estimate of drug-likeness (QED) is 0.373. The van der Waals surface area contributed by atoms with Gasteiger partial charge >= 0.3 is 11.9 Å². The third kappa shape index (κ3) is 7.54. The molecular weight excluding hydrogens is 502 g/mol. The molecule has 14 heteroatoms. The van der Waals surface area contributed by atoms with Crippen molar-refractivity contribution in [3.8, 4) is 0 Å². The number of ether oxygens (including phenoxy) is 3. The first-order chi connectivity index (χ1) is 17.9. The zero-order valence-electron chi connectivity index (χ0n) is 21.6. The molecule has 0 aromatic carbocycles. The molecule has 0 radical (unpaired) electrons. The van der Waals surface area contributed by atoms with E-state index in [1.54, 1.807) is 13.8 Å². The van der Waals surface area contributed by atoms with E-state index in [9.17, 15) is 28.8 Å². The summed E-state index contributed by atoms with van der Waals surface area (Å²) in [5, 5.41) is 2.54. The minimum Gasteiger partial charge on any atom is -0.463 e. The number of rotatable bonds is 12. The number of aromatic amines is 1. The number of H-pyrrole nitrogens is 1. The number of Topliss-reactive ketones (excluding diaryl/α,β-unsaturated/α-hetero) is 2. The molecule has 2 aromatic heterocycles. The molecule has 0 unspecified atom stereocenters. The summed E-state index contributed by atoms with van der Waals surface area (Å²) in [6, 6.07) is 0. The van der Waals surface area contributed by atoms with Gasteiger partial charge in [0, 0.05) is 25.2 Å². The number of amides is 1. The average molecular weight is 534 g/mol. The lowest BCUT2D eigenvalue weighted by atomic mass is 10.1. The number of nitrogens with zero attached hydrogens (tertiary/aromatic N) is 3. The summed E-state index contributed by atoms with van der Waals surface area (Å²) >= 11 is 0. The van der Waals surface area contributed by atoms with E-state index in [0.29, 0.717) is 0 Å². The molecule has 1 aliphatic rings. The molecule has 0 bridgehead atoms. The van der Waals surface area contributed by atoms with E-state index in [4.69, 9.17) is 14.2 Å². The summed E-state index contributed by atoms with van der Waals surface area (Å²) in [7, 11) is 0. The van der Waals surface area contributed by atoms with Crippen LogP contribution in [0, 0.1) is 5.92 Å². The normalized spacial score (nSPS) is 18.9. The van der Waals surface area contributed by atoms with E-state index in [2.05, 4.69) is 20.3 Å². The summed E-state index contributed by atoms with van der Waals surface area (Å²) in [5.41, 5.74) is -0.446. The Hall–Kier alpha value is -3.94. The number of anilines is 1. The van der Waals surface area contributed by atoms with Crippen molar-refractivity contribution in [2.75, 3.05) is 11.9 Å². The van der Waals surface area contributed by atoms with Gasteiger partial charge in [-0.25, -0.2) is 4.98 Å². The van der Waals surface area contributed by atoms with Crippen LogP contribution in [0.4, 0.5) is 5.95 Å². The van der Waals surface area contributed by atoms with E-state index in [1.165, 1.54) is 24.7 Å². The Kier molecular flexibility index (Phi) is 9.45. The molecule has 1 aliphatic heterocycles. The average Bonchev–Trinajstić information content (AvgIpc) is 3.44. The van der Waals surface area contributed by atoms with Crippen LogP contribution in [-0.4, -0.2) is 67.7 Å². The molecule has 206 valence electrons. The lowest BCUT2D eigenvalue weighted by Gasteiger charge is -2.18. The number of ketones is 2. The van der Waals surface area contributed by atoms with Crippen LogP contribution in [0.3, 0.4) is 0 Å². The Morgan fingerprint density at radius 2 is 1.76 bits per heavy atom. The van der Waals surface area contributed by atoms with Crippen molar-refractivity contribution in [1.29, 1.82) is 0 Å². The summed E-state index contributed by atoms with van der Waals surface area (Å²) in [4.78, 5) is 82.2. The van der Waals surface area contributed by atoms with E-state index in [-0.39, 0.29) is 79.2 Å². The smallest absolute Gasteiger partial charge is 0.306 e. The fourth-order valence-corrected chi connectivity index (χ4v) is 3.63. The number of aromatic nitrogens is 4. The van der Waals surface area contributed by atoms with Crippen LogP contribution in [-0.2, 0) is 38.2 Å². The Morgan fingerprint density at radius 3 is 2.39 bits per heavy atom. The largest absolute Gasteiger partial charge is 0.463 e. The van der Waals surface area contributed by atoms with Crippen molar-refractivity contribution in [2.24, 2.45) is 5.92 Å². The molecule has 1 amide bonds. The second-order valence-electron chi connectivity index (χ2n) is 9.36. The zero-order valence-corrected chi connectivity index (χ0v) is 21.6. The summed E-state index contributed by atoms with van der Waals surface area (Å²) in [6.07, 6.45) is -1.26. The Balaban J connectivity index is 1.81. The number of imidazole rings is 1. The molecule has 3 rings (SSSR count). The van der Waals surface area contributed by atoms with Gasteiger partial charge in [-0.2, -0.15) is 4.98 Å². The minimum absolute atomic E-state index is 0.00487. The number of hydrogen-bond acceptors (Lipinski definition) is 11. The van der Waals surface area contributed by atoms with Gasteiger partial charge in [0.15, 0.2) is 11.2 Å². The van der Waals surface area contributed by atoms with Crippen LogP contribution < -0.4 is 10.9 Å². The molecule has 14 nitrogen and oxygen atoms in total. The Bertz CT molecular complexity index is 1280. The fourth-order valence-electron chi connectivity index (χ4n) is 3.63. The van der Waals surface area contributed by atoms with Crippen LogP contribution in [0.25, 0.3) is 11.2 Å². The van der Waals surface area contributed by atoms with Gasteiger partial charge in [-0.3, -0.25) is 34.0 Å². The maximum absolute atomic E-state index is 12.5. The first-order valence-electron chi connectivity index (χ1n) is 12.2. The standard InChI is InChI=1S/C24H31N5O9/c1-12(2)22(34)27-24-26-21-20(23(35)28-24)25-11-29(21)17-9-15(38-19(33)8-6-14(4)31)16(37-17)10-36-18(32)7-5-13(3)30/h11-12,15-17H,5-10H2,1-4H3,(H2,26,27,28,34,35)/t15-,16+,17+/m0/s1. The van der Waals surface area contributed by atoms with Crippen LogP contribution in [0.5, 0.6) is 0 Å². The highest BCUT2D eigenvalue weighted by Gasteiger charge is 2.40. The molecule has 3 heterocycles. The molecule has 2 N–H and O–H groups in total. The molecular formula is C24H31N5O9. The van der Waals surface area contributed by atoms with E-state index < -0.39 is 35.9 Å². The zero-order chi connectivity index (χ0) is 28.0. The SMILES string of the molecule is CC(=O)CCC(=O)OC[C@H]1O[C@@H](n2cnc3c(=O)[nH]c(NC(=O)C(C)C)nc32)C[C@@H]1OC(=O)CCC(C)=O. The van der Waals surface area contributed by atoms with Crippen molar-refractivity contribution in [3.05, 3.63) is 16.7 Å². The van der Waals surface area contributed by atoms with Crippen molar-refractivity contribution in [2.45, 2.75) is 78.2 Å². The fraction of sp³-hybridized carbons (Fsp3) is 0.583. The predicted octanol–water partition coefficient (Wildman–Crippen LogP) is 1.19. The number of nitrogens with one attached hydrogen (secondary N) is 2. The van der Waals surface area contributed by atoms with Crippen molar-refractivity contribution in [3.63, 3.8) is 0 Å². The van der Waals surface area contributed by atoms with Gasteiger partial charge < -0.3 is 23.8 Å². The van der Waals surface area contributed by atoms with Crippen LogP contribution in [0.2, 0.25) is 0 Å². The third-order valence-electron chi connectivity index (χ3n) is 5.74. The van der Waals surface area contributed by atoms with Gasteiger partial charge in [0.05, 0.1) is 19.2 Å². The van der Waals surface area contributed by atoms with Gasteiger partial charge in [-0.15, -0.1) is 0 Å². The summed E-state index contributed by atoms with van der Waals surface area (Å²) in [6.45, 7) is 5.85. The van der Waals surface area contributed by atoms with Crippen LogP contribution >= 0.6 is 0 Å². The second kappa shape index (κ2) is 12.5. The summed E-state index contributed by atoms with van der Waals surface area (Å²) < 4.78 is 18.3. The number of carbonyl (C=O) groups is 5. The highest BCUT2D eigenvalue weighted by molar-refractivity contribution is 5.91. The monoisotopic (exact) mass is 533 g/mol. The lowest BCUT2D eigenvalue weighted by molar-refractivity contribution is -0.159. The summed E-state index contributed by atoms with van der Waals surface area (Å²) in [5.74, 6) is -2.32. The van der Waals surface area contributed by atoms with Crippen molar-refractivity contribution >= 4 is 46.5 Å². The molecule has 0 aliphatic carbocycles. The number of fused-ring (bicyclic) bond motifs is 1. The van der Waals surface area contributed by atoms with Gasteiger partial charge in [0.25, 0.3) is 5.56 Å². The third-order valence-corrected chi connectivity index (χ3v) is 5.74. The molecule has 2 aromatic rings. The molecule has 0 saturated carbocycles. The molecule has 1 fully saturated rings. The van der Waals surface area contributed by atoms with E-state index in [1.807, 2.05) is 0 Å². The number of esters is 2. The van der Waals surface area contributed by atoms with Gasteiger partial charge in [0.2, 0.25) is 11.9 Å². The first-order valence-corrected chi connectivity index (χ1v) is 12.2. The highest BCUT2D eigenvalue weighted by atomic mass is 16.6. The predicted molar refractivity (Wildman–Crippen MR) is 131 cm³/mol. The maximum atomic E-state index is 12.5. The minimum atomic E-state index is -0.873. The van der Waals surface area contributed by atoms with E-state index in [0.717, 1.165) is 0 Å². The Morgan fingerprint density at radius 1 is 1.11 bits per heavy atom. The molecule has 38 heavy (non-hydrogen) atoms. The number of hydrogen-bond donors (Lipinski definition) is 2. The Labute approximate surface area is 217 Å². The topological polar surface area (TPSA) is 189 Å². The van der Waals surface area contributed by atoms with Crippen LogP contribution in [0.1, 0.15) is 66.0 Å². The lowest BCUT2D eigenvalue weighted by Crippen LogP contribution is -2.32. The highest BCUT2D eigenvalue weighted by Crippen LogP contribution is 2.33. The molecule has 1 saturated heterocycles. The van der Waals surface area contributed by atoms with Gasteiger partial charge in [-0.1, -0.05) is 13.8 Å². The first kappa shape index (κ1) is 28.6. The van der Waals surface area contributed by atoms with Crippen molar-refractivity contribution in [1.82, 2.24) is 19.5 Å². The van der Waals surface area contributed by atoms with Gasteiger partial charge in [-0.05, 0) is 13.8 Å². The number of carbonyl (C=O) groups excluding carboxylic acids is 5. The molecule has 0 spiro atoms. The van der Waals surface area contributed by atoms with E-state index >= 15 is 0 Å². The maximum Gasteiger partial charge on any atom is 0.306 e. The second-order valence-corrected chi connectivity index (χ2v) is 9.36. The van der Waals surface area contributed by atoms with Crippen LogP contribution in [0.15, 0.2) is 11.1 Å². The molecule has 3 atom stereocenters.